The molecule has 2 heterocycles. The first kappa shape index (κ1) is 15.0. The topological polar surface area (TPSA) is 79.5 Å². The molecule has 1 aliphatic heterocycles. The van der Waals surface area contributed by atoms with Gasteiger partial charge in [-0.1, -0.05) is 0 Å². The van der Waals surface area contributed by atoms with Gasteiger partial charge in [-0.05, 0) is 32.8 Å². The van der Waals surface area contributed by atoms with Crippen molar-refractivity contribution in [2.45, 2.75) is 45.3 Å². The summed E-state index contributed by atoms with van der Waals surface area (Å²) in [7, 11) is 0. The second-order valence-corrected chi connectivity index (χ2v) is 6.15. The number of aromatic amines is 1. The number of nitrogens with one attached hydrogen (secondary N) is 1. The number of carbonyl (C=O) groups is 2. The van der Waals surface area contributed by atoms with Crippen LogP contribution in [-0.4, -0.2) is 46.9 Å². The lowest BCUT2D eigenvalue weighted by Crippen LogP contribution is -2.49. The predicted molar refractivity (Wildman–Crippen MR) is 80.2 cm³/mol. The van der Waals surface area contributed by atoms with E-state index in [1.54, 1.807) is 4.90 Å². The smallest absolute Gasteiger partial charge is 0.261 e. The minimum atomic E-state index is -0.412. The van der Waals surface area contributed by atoms with E-state index in [9.17, 15) is 14.4 Å². The van der Waals surface area contributed by atoms with E-state index >= 15 is 0 Å². The number of ether oxygens (including phenoxy) is 1. The number of hydrogen-bond acceptors (Lipinski definition) is 4. The van der Waals surface area contributed by atoms with Gasteiger partial charge in [-0.25, -0.2) is 0 Å². The monoisotopic (exact) mass is 304 g/mol. The van der Waals surface area contributed by atoms with E-state index in [0.29, 0.717) is 37.2 Å². The molecule has 2 atom stereocenters. The Bertz CT molecular complexity index is 669. The highest BCUT2D eigenvalue weighted by Crippen LogP contribution is 2.20. The molecule has 1 N–H and O–H groups in total. The molecule has 6 nitrogen and oxygen atoms in total. The fourth-order valence-corrected chi connectivity index (χ4v) is 3.25. The summed E-state index contributed by atoms with van der Waals surface area (Å²) in [6, 6.07) is 1.47. The third-order valence-corrected chi connectivity index (χ3v) is 4.19. The van der Waals surface area contributed by atoms with E-state index in [-0.39, 0.29) is 29.5 Å². The molecule has 22 heavy (non-hydrogen) atoms. The number of rotatable bonds is 1. The molecule has 0 radical (unpaired) electrons. The zero-order valence-electron chi connectivity index (χ0n) is 12.8. The van der Waals surface area contributed by atoms with Crippen LogP contribution >= 0.6 is 0 Å². The zero-order chi connectivity index (χ0) is 15.9. The van der Waals surface area contributed by atoms with E-state index in [2.05, 4.69) is 4.98 Å². The first-order valence-electron chi connectivity index (χ1n) is 7.70. The number of aromatic nitrogens is 1. The number of amides is 1. The highest BCUT2D eigenvalue weighted by atomic mass is 16.5. The largest absolute Gasteiger partial charge is 0.372 e. The van der Waals surface area contributed by atoms with Crippen molar-refractivity contribution in [3.63, 3.8) is 0 Å². The fraction of sp³-hybridized carbons (Fsp3) is 0.562. The molecule has 0 bridgehead atoms. The summed E-state index contributed by atoms with van der Waals surface area (Å²) in [6.45, 7) is 4.70. The van der Waals surface area contributed by atoms with E-state index in [1.165, 1.54) is 6.07 Å². The van der Waals surface area contributed by atoms with Crippen LogP contribution in [-0.2, 0) is 11.2 Å². The Kier molecular flexibility index (Phi) is 3.87. The van der Waals surface area contributed by atoms with E-state index < -0.39 is 5.56 Å². The van der Waals surface area contributed by atoms with Crippen molar-refractivity contribution in [2.24, 2.45) is 0 Å². The van der Waals surface area contributed by atoms with Crippen LogP contribution in [0.25, 0.3) is 0 Å². The number of Topliss-reactive ketones (excluding diaryl/α,β-unsaturated/α-hetero) is 1. The van der Waals surface area contributed by atoms with Gasteiger partial charge in [0.2, 0.25) is 0 Å². The maximum absolute atomic E-state index is 12.6. The quantitative estimate of drug-likeness (QED) is 0.844. The molecule has 1 aromatic rings. The zero-order valence-corrected chi connectivity index (χ0v) is 12.8. The van der Waals surface area contributed by atoms with Gasteiger partial charge in [0, 0.05) is 30.8 Å². The molecule has 3 rings (SSSR count). The van der Waals surface area contributed by atoms with Gasteiger partial charge in [-0.15, -0.1) is 0 Å². The third-order valence-electron chi connectivity index (χ3n) is 4.19. The maximum atomic E-state index is 12.6. The predicted octanol–water partition coefficient (Wildman–Crippen LogP) is 1.14. The Labute approximate surface area is 128 Å². The Morgan fingerprint density at radius 1 is 1.23 bits per heavy atom. The lowest BCUT2D eigenvalue weighted by atomic mass is 9.93. The van der Waals surface area contributed by atoms with E-state index in [1.807, 2.05) is 13.8 Å². The van der Waals surface area contributed by atoms with Crippen molar-refractivity contribution in [1.29, 1.82) is 0 Å². The van der Waals surface area contributed by atoms with Gasteiger partial charge in [0.1, 0.15) is 5.56 Å². The van der Waals surface area contributed by atoms with Crippen LogP contribution in [0, 0.1) is 0 Å². The van der Waals surface area contributed by atoms with Crippen LogP contribution in [0.5, 0.6) is 0 Å². The summed E-state index contributed by atoms with van der Waals surface area (Å²) in [5, 5.41) is 0. The Morgan fingerprint density at radius 2 is 1.91 bits per heavy atom. The van der Waals surface area contributed by atoms with Gasteiger partial charge >= 0.3 is 0 Å². The second kappa shape index (κ2) is 5.68. The molecule has 6 heteroatoms. The number of aryl methyl sites for hydroxylation is 1. The van der Waals surface area contributed by atoms with Crippen molar-refractivity contribution in [3.05, 3.63) is 33.2 Å². The number of hydrogen-bond donors (Lipinski definition) is 1. The summed E-state index contributed by atoms with van der Waals surface area (Å²) in [4.78, 5) is 41.2. The molecule has 0 aromatic carbocycles. The van der Waals surface area contributed by atoms with Gasteiger partial charge in [-0.2, -0.15) is 0 Å². The van der Waals surface area contributed by atoms with Crippen LogP contribution in [0.4, 0.5) is 0 Å². The molecule has 1 amide bonds. The molecule has 2 aliphatic rings. The van der Waals surface area contributed by atoms with E-state index in [0.717, 1.165) is 6.42 Å². The second-order valence-electron chi connectivity index (χ2n) is 6.15. The van der Waals surface area contributed by atoms with Crippen molar-refractivity contribution < 1.29 is 14.3 Å². The maximum Gasteiger partial charge on any atom is 0.261 e. The third kappa shape index (κ3) is 2.70. The number of morpholine rings is 1. The molecular formula is C16H20N2O4. The summed E-state index contributed by atoms with van der Waals surface area (Å²) in [6.07, 6.45) is 1.76. The molecular weight excluding hydrogens is 284 g/mol. The average molecular weight is 304 g/mol. The number of pyridine rings is 1. The number of fused-ring (bicyclic) bond motifs is 1. The van der Waals surface area contributed by atoms with Crippen molar-refractivity contribution >= 4 is 11.7 Å². The van der Waals surface area contributed by atoms with Gasteiger partial charge in [-0.3, -0.25) is 14.4 Å². The number of ketones is 1. The Balaban J connectivity index is 1.94. The molecule has 1 aromatic heterocycles. The van der Waals surface area contributed by atoms with Crippen molar-refractivity contribution in [3.8, 4) is 0 Å². The molecule has 118 valence electrons. The van der Waals surface area contributed by atoms with Gasteiger partial charge in [0.25, 0.3) is 11.5 Å². The van der Waals surface area contributed by atoms with Gasteiger partial charge in [0.15, 0.2) is 5.78 Å². The summed E-state index contributed by atoms with van der Waals surface area (Å²) >= 11 is 0. The fourth-order valence-electron chi connectivity index (χ4n) is 3.25. The summed E-state index contributed by atoms with van der Waals surface area (Å²) in [5.74, 6) is -0.334. The number of H-pyrrole nitrogens is 1. The van der Waals surface area contributed by atoms with Crippen molar-refractivity contribution in [2.75, 3.05) is 13.1 Å². The molecule has 0 unspecified atom stereocenters. The Hall–Kier alpha value is -1.95. The Morgan fingerprint density at radius 3 is 2.59 bits per heavy atom. The molecule has 1 aliphatic carbocycles. The van der Waals surface area contributed by atoms with Gasteiger partial charge < -0.3 is 14.6 Å². The first-order valence-corrected chi connectivity index (χ1v) is 7.70. The highest BCUT2D eigenvalue weighted by molar-refractivity contribution is 6.01. The lowest BCUT2D eigenvalue weighted by molar-refractivity contribution is -0.0586. The normalized spacial score (nSPS) is 25.0. The molecule has 0 spiro atoms. The van der Waals surface area contributed by atoms with Crippen LogP contribution < -0.4 is 5.56 Å². The summed E-state index contributed by atoms with van der Waals surface area (Å²) in [5.41, 5.74) is 0.783. The summed E-state index contributed by atoms with van der Waals surface area (Å²) < 4.78 is 5.61. The standard InChI is InChI=1S/C16H20N2O4/c1-9-7-18(8-10(2)22-9)16(21)12-6-11-13(17-15(12)20)4-3-5-14(11)19/h6,9-10H,3-5,7-8H2,1-2H3,(H,17,20)/t9-,10+. The molecule has 1 fully saturated rings. The minimum absolute atomic E-state index is 0.00439. The van der Waals surface area contributed by atoms with Crippen molar-refractivity contribution in [1.82, 2.24) is 9.88 Å². The minimum Gasteiger partial charge on any atom is -0.372 e. The molecule has 0 saturated carbocycles. The highest BCUT2D eigenvalue weighted by Gasteiger charge is 2.29. The van der Waals surface area contributed by atoms with Crippen LogP contribution in [0.15, 0.2) is 10.9 Å². The lowest BCUT2D eigenvalue weighted by Gasteiger charge is -2.35. The van der Waals surface area contributed by atoms with E-state index in [4.69, 9.17) is 4.74 Å². The first-order chi connectivity index (χ1) is 10.5. The van der Waals surface area contributed by atoms with Gasteiger partial charge in [0.05, 0.1) is 12.2 Å². The van der Waals surface area contributed by atoms with Crippen LogP contribution in [0.3, 0.4) is 0 Å². The number of carbonyl (C=O) groups excluding carboxylic acids is 2. The average Bonchev–Trinajstić information content (AvgIpc) is 2.45. The van der Waals surface area contributed by atoms with Crippen LogP contribution in [0.1, 0.15) is 53.1 Å². The number of nitrogens with zero attached hydrogens (tertiary/aromatic N) is 1. The molecule has 1 saturated heterocycles. The SMILES string of the molecule is C[C@@H]1CN(C(=O)c2cc3c([nH]c2=O)CCCC3=O)C[C@H](C)O1. The van der Waals surface area contributed by atoms with Crippen LogP contribution in [0.2, 0.25) is 0 Å².